The van der Waals surface area contributed by atoms with Crippen LogP contribution in [0.15, 0.2) is 72.8 Å². The van der Waals surface area contributed by atoms with E-state index in [1.54, 1.807) is 36.4 Å². The summed E-state index contributed by atoms with van der Waals surface area (Å²) in [4.78, 5) is 51.5. The van der Waals surface area contributed by atoms with Crippen LogP contribution in [0.1, 0.15) is 75.5 Å². The predicted molar refractivity (Wildman–Crippen MR) is 182 cm³/mol. The second-order valence-electron chi connectivity index (χ2n) is 12.4. The maximum Gasteiger partial charge on any atom is 0.323 e. The van der Waals surface area contributed by atoms with Crippen molar-refractivity contribution in [2.75, 3.05) is 22.6 Å². The maximum absolute atomic E-state index is 13.3. The van der Waals surface area contributed by atoms with E-state index in [4.69, 9.17) is 4.74 Å². The van der Waals surface area contributed by atoms with Crippen molar-refractivity contribution in [3.05, 3.63) is 89.5 Å². The molecule has 1 fully saturated rings. The lowest BCUT2D eigenvalue weighted by atomic mass is 9.85. The lowest BCUT2D eigenvalue weighted by molar-refractivity contribution is -0.146. The normalized spacial score (nSPS) is 14.3. The van der Waals surface area contributed by atoms with Crippen molar-refractivity contribution in [3.8, 4) is 0 Å². The highest BCUT2D eigenvalue weighted by molar-refractivity contribution is 6.00. The fraction of sp³-hybridized carbons (Fsp3) is 0.405. The van der Waals surface area contributed by atoms with Gasteiger partial charge >= 0.3 is 12.0 Å². The van der Waals surface area contributed by atoms with Gasteiger partial charge in [-0.3, -0.25) is 14.4 Å². The smallest absolute Gasteiger partial charge is 0.323 e. The summed E-state index contributed by atoms with van der Waals surface area (Å²) in [6.45, 7) is 8.08. The number of anilines is 3. The fourth-order valence-electron chi connectivity index (χ4n) is 5.96. The van der Waals surface area contributed by atoms with Gasteiger partial charge in [0.25, 0.3) is 0 Å². The number of carbonyl (C=O) groups excluding carboxylic acids is 4. The zero-order valence-electron chi connectivity index (χ0n) is 27.2. The molecule has 1 aliphatic rings. The molecule has 0 saturated heterocycles. The molecule has 0 bridgehead atoms. The van der Waals surface area contributed by atoms with Crippen LogP contribution in [0.4, 0.5) is 21.9 Å². The van der Waals surface area contributed by atoms with Crippen LogP contribution in [0, 0.1) is 18.8 Å². The average Bonchev–Trinajstić information content (AvgIpc) is 3.54. The van der Waals surface area contributed by atoms with Crippen LogP contribution in [-0.2, 0) is 25.5 Å². The number of benzene rings is 3. The zero-order valence-corrected chi connectivity index (χ0v) is 27.2. The van der Waals surface area contributed by atoms with E-state index in [0.717, 1.165) is 48.1 Å². The van der Waals surface area contributed by atoms with Crippen molar-refractivity contribution < 1.29 is 23.9 Å². The van der Waals surface area contributed by atoms with Crippen LogP contribution in [0.25, 0.3) is 0 Å². The molecule has 0 spiro atoms. The third-order valence-electron chi connectivity index (χ3n) is 8.28. The van der Waals surface area contributed by atoms with Crippen molar-refractivity contribution in [1.29, 1.82) is 0 Å². The highest BCUT2D eigenvalue weighted by Gasteiger charge is 2.33. The Kier molecular flexibility index (Phi) is 12.3. The Labute approximate surface area is 271 Å². The zero-order chi connectivity index (χ0) is 33.1. The van der Waals surface area contributed by atoms with Gasteiger partial charge in [-0.15, -0.1) is 0 Å². The van der Waals surface area contributed by atoms with Gasteiger partial charge in [-0.05, 0) is 92.0 Å². The summed E-state index contributed by atoms with van der Waals surface area (Å²) in [5, 5.41) is 11.5. The van der Waals surface area contributed by atoms with Gasteiger partial charge in [0.2, 0.25) is 11.8 Å². The van der Waals surface area contributed by atoms with E-state index < -0.39 is 6.04 Å². The van der Waals surface area contributed by atoms with Gasteiger partial charge in [-0.1, -0.05) is 69.2 Å². The van der Waals surface area contributed by atoms with Crippen LogP contribution < -0.4 is 21.3 Å². The molecule has 46 heavy (non-hydrogen) atoms. The number of ether oxygens (including phenoxy) is 1. The monoisotopic (exact) mass is 626 g/mol. The van der Waals surface area contributed by atoms with Gasteiger partial charge in [0.1, 0.15) is 6.04 Å². The molecule has 2 atom stereocenters. The highest BCUT2D eigenvalue weighted by atomic mass is 16.5. The SMILES string of the molecule is CCOC(=O)C(c1ccc(NC(=O)[C@H](CC(C)C)NC(=O)Cc2ccc(NC(=O)Nc3ccccc3C)cc2)cc1)C1CCCC1. The Morgan fingerprint density at radius 3 is 2.09 bits per heavy atom. The molecule has 0 aromatic heterocycles. The Morgan fingerprint density at radius 1 is 0.826 bits per heavy atom. The predicted octanol–water partition coefficient (Wildman–Crippen LogP) is 7.19. The van der Waals surface area contributed by atoms with Crippen molar-refractivity contribution in [2.45, 2.75) is 78.2 Å². The Balaban J connectivity index is 1.33. The van der Waals surface area contributed by atoms with E-state index >= 15 is 0 Å². The molecule has 4 amide bonds. The number of carbonyl (C=O) groups is 4. The lowest BCUT2D eigenvalue weighted by Gasteiger charge is -2.23. The van der Waals surface area contributed by atoms with Crippen LogP contribution in [0.3, 0.4) is 0 Å². The van der Waals surface area contributed by atoms with Crippen molar-refractivity contribution >= 4 is 40.9 Å². The summed E-state index contributed by atoms with van der Waals surface area (Å²) in [5.41, 5.74) is 4.52. The van der Waals surface area contributed by atoms with Gasteiger partial charge in [0.15, 0.2) is 0 Å². The van der Waals surface area contributed by atoms with Gasteiger partial charge in [0, 0.05) is 17.1 Å². The van der Waals surface area contributed by atoms with Gasteiger partial charge in [0.05, 0.1) is 18.9 Å². The Bertz CT molecular complexity index is 1480. The van der Waals surface area contributed by atoms with Crippen LogP contribution >= 0.6 is 0 Å². The number of hydrogen-bond donors (Lipinski definition) is 4. The third-order valence-corrected chi connectivity index (χ3v) is 8.28. The molecule has 3 aromatic carbocycles. The first-order chi connectivity index (χ1) is 22.1. The first kappa shape index (κ1) is 34.2. The number of hydrogen-bond acceptors (Lipinski definition) is 5. The summed E-state index contributed by atoms with van der Waals surface area (Å²) in [7, 11) is 0. The minimum absolute atomic E-state index is 0.0860. The number of para-hydroxylation sites is 1. The topological polar surface area (TPSA) is 126 Å². The molecule has 0 radical (unpaired) electrons. The van der Waals surface area contributed by atoms with Gasteiger partial charge < -0.3 is 26.0 Å². The molecule has 4 N–H and O–H groups in total. The largest absolute Gasteiger partial charge is 0.466 e. The number of urea groups is 1. The van der Waals surface area contributed by atoms with Crippen LogP contribution in [0.5, 0.6) is 0 Å². The standard InChI is InChI=1S/C37H46N4O5/c1-5-46-36(44)34(27-11-7-8-12-27)28-16-20-29(21-17-28)38-35(43)32(22-24(2)3)40-33(42)23-26-14-18-30(19-15-26)39-37(45)41-31-13-9-6-10-25(31)4/h6,9-10,13-21,24,27,32,34H,5,7-8,11-12,22-23H2,1-4H3,(H,38,43)(H,40,42)(H2,39,41,45)/t32-,34?/m0/s1. The molecular formula is C37H46N4O5. The first-order valence-corrected chi connectivity index (χ1v) is 16.2. The van der Waals surface area contributed by atoms with Crippen LogP contribution in [0.2, 0.25) is 0 Å². The van der Waals surface area contributed by atoms with Crippen molar-refractivity contribution in [1.82, 2.24) is 5.32 Å². The third kappa shape index (κ3) is 9.92. The molecule has 3 aromatic rings. The number of esters is 1. The lowest BCUT2D eigenvalue weighted by Crippen LogP contribution is -2.45. The summed E-state index contributed by atoms with van der Waals surface area (Å²) in [6, 6.07) is 20.8. The molecule has 0 heterocycles. The van der Waals surface area contributed by atoms with E-state index in [2.05, 4.69) is 21.3 Å². The molecule has 4 rings (SSSR count). The summed E-state index contributed by atoms with van der Waals surface area (Å²) in [5.74, 6) is -0.636. The second kappa shape index (κ2) is 16.6. The summed E-state index contributed by atoms with van der Waals surface area (Å²) >= 11 is 0. The molecule has 1 aliphatic carbocycles. The Morgan fingerprint density at radius 2 is 1.46 bits per heavy atom. The van der Waals surface area contributed by atoms with Gasteiger partial charge in [-0.2, -0.15) is 0 Å². The molecule has 0 aliphatic heterocycles. The van der Waals surface area contributed by atoms with Crippen LogP contribution in [-0.4, -0.2) is 36.5 Å². The van der Waals surface area contributed by atoms with E-state index in [0.29, 0.717) is 24.4 Å². The second-order valence-corrected chi connectivity index (χ2v) is 12.4. The number of rotatable bonds is 13. The summed E-state index contributed by atoms with van der Waals surface area (Å²) < 4.78 is 5.39. The van der Waals surface area contributed by atoms with Crippen molar-refractivity contribution in [2.24, 2.45) is 11.8 Å². The minimum Gasteiger partial charge on any atom is -0.466 e. The molecule has 1 saturated carbocycles. The van der Waals surface area contributed by atoms with E-state index in [1.807, 2.05) is 64.1 Å². The summed E-state index contributed by atoms with van der Waals surface area (Å²) in [6.07, 6.45) is 4.81. The van der Waals surface area contributed by atoms with Gasteiger partial charge in [-0.25, -0.2) is 4.79 Å². The molecule has 244 valence electrons. The molecule has 9 nitrogen and oxygen atoms in total. The first-order valence-electron chi connectivity index (χ1n) is 16.2. The van der Waals surface area contributed by atoms with E-state index in [1.165, 1.54) is 0 Å². The minimum atomic E-state index is -0.718. The number of nitrogens with one attached hydrogen (secondary N) is 4. The maximum atomic E-state index is 13.3. The Hall–Kier alpha value is -4.66. The number of aryl methyl sites for hydroxylation is 1. The number of amides is 4. The molecule has 1 unspecified atom stereocenters. The van der Waals surface area contributed by atoms with E-state index in [-0.39, 0.29) is 48.0 Å². The van der Waals surface area contributed by atoms with Crippen molar-refractivity contribution in [3.63, 3.8) is 0 Å². The average molecular weight is 627 g/mol. The highest BCUT2D eigenvalue weighted by Crippen LogP contribution is 2.38. The fourth-order valence-corrected chi connectivity index (χ4v) is 5.96. The molecular weight excluding hydrogens is 580 g/mol. The van der Waals surface area contributed by atoms with E-state index in [9.17, 15) is 19.2 Å². The molecule has 9 heteroatoms. The quantitative estimate of drug-likeness (QED) is 0.150.